The van der Waals surface area contributed by atoms with Gasteiger partial charge in [-0.3, -0.25) is 4.98 Å². The molecule has 0 amide bonds. The van der Waals surface area contributed by atoms with Crippen LogP contribution >= 0.6 is 0 Å². The van der Waals surface area contributed by atoms with E-state index in [0.29, 0.717) is 19.1 Å². The fraction of sp³-hybridized carbons (Fsp3) is 0.583. The molecule has 0 N–H and O–H groups in total. The van der Waals surface area contributed by atoms with Crippen LogP contribution in [-0.4, -0.2) is 24.8 Å². The topological polar surface area (TPSA) is 31.4 Å². The van der Waals surface area contributed by atoms with Crippen molar-refractivity contribution >= 4 is 0 Å². The molecule has 0 spiro atoms. The zero-order valence-electron chi connectivity index (χ0n) is 9.48. The molecular formula is C12H19NO2. The highest BCUT2D eigenvalue weighted by atomic mass is 16.5. The van der Waals surface area contributed by atoms with Gasteiger partial charge in [-0.05, 0) is 24.5 Å². The van der Waals surface area contributed by atoms with E-state index in [9.17, 15) is 0 Å². The van der Waals surface area contributed by atoms with Gasteiger partial charge in [-0.2, -0.15) is 0 Å². The van der Waals surface area contributed by atoms with Crippen molar-refractivity contribution in [2.45, 2.75) is 20.3 Å². The van der Waals surface area contributed by atoms with E-state index in [0.717, 1.165) is 18.8 Å². The van der Waals surface area contributed by atoms with Gasteiger partial charge in [-0.15, -0.1) is 0 Å². The molecule has 0 aliphatic heterocycles. The highest BCUT2D eigenvalue weighted by molar-refractivity contribution is 5.15. The van der Waals surface area contributed by atoms with E-state index in [4.69, 9.17) is 9.47 Å². The lowest BCUT2D eigenvalue weighted by Crippen LogP contribution is -2.08. The summed E-state index contributed by atoms with van der Waals surface area (Å²) in [4.78, 5) is 3.96. The highest BCUT2D eigenvalue weighted by Gasteiger charge is 1.95. The largest absolute Gasteiger partial charge is 0.490 e. The van der Waals surface area contributed by atoms with Crippen LogP contribution in [0.15, 0.2) is 24.5 Å². The molecule has 1 rings (SSSR count). The first-order chi connectivity index (χ1) is 7.29. The summed E-state index contributed by atoms with van der Waals surface area (Å²) in [6, 6.07) is 3.75. The van der Waals surface area contributed by atoms with E-state index in [2.05, 4.69) is 18.8 Å². The molecule has 3 heteroatoms. The normalized spacial score (nSPS) is 10.6. The fourth-order valence-electron chi connectivity index (χ4n) is 1.07. The van der Waals surface area contributed by atoms with E-state index in [1.165, 1.54) is 0 Å². The first-order valence-electron chi connectivity index (χ1n) is 5.39. The molecule has 0 radical (unpaired) electrons. The van der Waals surface area contributed by atoms with Gasteiger partial charge in [0.1, 0.15) is 12.4 Å². The third kappa shape index (κ3) is 6.07. The van der Waals surface area contributed by atoms with Gasteiger partial charge in [-0.1, -0.05) is 13.8 Å². The van der Waals surface area contributed by atoms with Gasteiger partial charge in [-0.25, -0.2) is 0 Å². The van der Waals surface area contributed by atoms with Crippen molar-refractivity contribution in [2.75, 3.05) is 19.8 Å². The Hall–Kier alpha value is -1.09. The summed E-state index contributed by atoms with van der Waals surface area (Å²) >= 11 is 0. The molecule has 0 bridgehead atoms. The predicted molar refractivity (Wildman–Crippen MR) is 60.0 cm³/mol. The molecule has 0 aliphatic rings. The van der Waals surface area contributed by atoms with E-state index < -0.39 is 0 Å². The van der Waals surface area contributed by atoms with Gasteiger partial charge in [0.15, 0.2) is 0 Å². The number of hydrogen-bond donors (Lipinski definition) is 0. The molecule has 0 fully saturated rings. The SMILES string of the molecule is CC(C)CCOCCOc1cccnc1. The minimum atomic E-state index is 0.587. The van der Waals surface area contributed by atoms with Gasteiger partial charge in [0.2, 0.25) is 0 Å². The second kappa shape index (κ2) is 7.23. The Kier molecular flexibility index (Phi) is 5.78. The quantitative estimate of drug-likeness (QED) is 0.647. The molecule has 15 heavy (non-hydrogen) atoms. The van der Waals surface area contributed by atoms with Crippen LogP contribution in [0.5, 0.6) is 5.75 Å². The van der Waals surface area contributed by atoms with E-state index in [1.807, 2.05) is 12.1 Å². The Morgan fingerprint density at radius 1 is 1.27 bits per heavy atom. The van der Waals surface area contributed by atoms with Crippen LogP contribution in [0.2, 0.25) is 0 Å². The number of pyridine rings is 1. The van der Waals surface area contributed by atoms with Gasteiger partial charge < -0.3 is 9.47 Å². The zero-order chi connectivity index (χ0) is 10.9. The van der Waals surface area contributed by atoms with Crippen LogP contribution in [0.3, 0.4) is 0 Å². The summed E-state index contributed by atoms with van der Waals surface area (Å²) in [6.45, 7) is 6.42. The second-order valence-electron chi connectivity index (χ2n) is 3.83. The first kappa shape index (κ1) is 12.0. The Morgan fingerprint density at radius 2 is 2.13 bits per heavy atom. The second-order valence-corrected chi connectivity index (χ2v) is 3.83. The van der Waals surface area contributed by atoms with Crippen LogP contribution in [0.25, 0.3) is 0 Å². The zero-order valence-corrected chi connectivity index (χ0v) is 9.48. The smallest absolute Gasteiger partial charge is 0.137 e. The van der Waals surface area contributed by atoms with Crippen molar-refractivity contribution in [3.63, 3.8) is 0 Å². The van der Waals surface area contributed by atoms with E-state index in [1.54, 1.807) is 12.4 Å². The van der Waals surface area contributed by atoms with Crippen molar-refractivity contribution < 1.29 is 9.47 Å². The van der Waals surface area contributed by atoms with Gasteiger partial charge in [0.25, 0.3) is 0 Å². The average molecular weight is 209 g/mol. The predicted octanol–water partition coefficient (Wildman–Crippen LogP) is 2.52. The van der Waals surface area contributed by atoms with Crippen LogP contribution in [-0.2, 0) is 4.74 Å². The Labute approximate surface area is 91.4 Å². The minimum absolute atomic E-state index is 0.587. The van der Waals surface area contributed by atoms with Crippen molar-refractivity contribution in [1.29, 1.82) is 0 Å². The van der Waals surface area contributed by atoms with Crippen molar-refractivity contribution in [3.05, 3.63) is 24.5 Å². The number of hydrogen-bond acceptors (Lipinski definition) is 3. The van der Waals surface area contributed by atoms with Crippen molar-refractivity contribution in [2.24, 2.45) is 5.92 Å². The Morgan fingerprint density at radius 3 is 2.80 bits per heavy atom. The number of nitrogens with zero attached hydrogens (tertiary/aromatic N) is 1. The number of aromatic nitrogens is 1. The molecule has 0 unspecified atom stereocenters. The summed E-state index contributed by atoms with van der Waals surface area (Å²) in [7, 11) is 0. The summed E-state index contributed by atoms with van der Waals surface area (Å²) in [6.07, 6.45) is 4.53. The van der Waals surface area contributed by atoms with Crippen LogP contribution < -0.4 is 4.74 Å². The fourth-order valence-corrected chi connectivity index (χ4v) is 1.07. The third-order valence-electron chi connectivity index (χ3n) is 1.97. The molecule has 0 atom stereocenters. The van der Waals surface area contributed by atoms with Crippen molar-refractivity contribution in [1.82, 2.24) is 4.98 Å². The maximum absolute atomic E-state index is 5.43. The summed E-state index contributed by atoms with van der Waals surface area (Å²) < 4.78 is 10.8. The maximum Gasteiger partial charge on any atom is 0.137 e. The molecule has 0 aliphatic carbocycles. The van der Waals surface area contributed by atoms with Crippen LogP contribution in [0.4, 0.5) is 0 Å². The van der Waals surface area contributed by atoms with Crippen LogP contribution in [0, 0.1) is 5.92 Å². The first-order valence-corrected chi connectivity index (χ1v) is 5.39. The lowest BCUT2D eigenvalue weighted by Gasteiger charge is -2.07. The Bertz CT molecular complexity index is 249. The molecule has 0 aromatic carbocycles. The van der Waals surface area contributed by atoms with E-state index >= 15 is 0 Å². The lowest BCUT2D eigenvalue weighted by molar-refractivity contribution is 0.0925. The number of rotatable bonds is 7. The average Bonchev–Trinajstić information content (AvgIpc) is 2.24. The minimum Gasteiger partial charge on any atom is -0.490 e. The summed E-state index contributed by atoms with van der Waals surface area (Å²) in [5.74, 6) is 1.49. The Balaban J connectivity index is 1.98. The molecule has 0 saturated heterocycles. The van der Waals surface area contributed by atoms with E-state index in [-0.39, 0.29) is 0 Å². The molecule has 84 valence electrons. The molecule has 0 saturated carbocycles. The molecule has 1 aromatic heterocycles. The van der Waals surface area contributed by atoms with Crippen LogP contribution in [0.1, 0.15) is 20.3 Å². The van der Waals surface area contributed by atoms with Gasteiger partial charge >= 0.3 is 0 Å². The molecular weight excluding hydrogens is 190 g/mol. The van der Waals surface area contributed by atoms with Crippen molar-refractivity contribution in [3.8, 4) is 5.75 Å². The monoisotopic (exact) mass is 209 g/mol. The standard InChI is InChI=1S/C12H19NO2/c1-11(2)5-7-14-8-9-15-12-4-3-6-13-10-12/h3-4,6,10-11H,5,7-9H2,1-2H3. The summed E-state index contributed by atoms with van der Waals surface area (Å²) in [5, 5.41) is 0. The molecule has 3 nitrogen and oxygen atoms in total. The van der Waals surface area contributed by atoms with Gasteiger partial charge in [0.05, 0.1) is 12.8 Å². The maximum atomic E-state index is 5.43. The molecule has 1 aromatic rings. The lowest BCUT2D eigenvalue weighted by atomic mass is 10.1. The molecule has 1 heterocycles. The highest BCUT2D eigenvalue weighted by Crippen LogP contribution is 2.05. The number of ether oxygens (including phenoxy) is 2. The summed E-state index contributed by atoms with van der Waals surface area (Å²) in [5.41, 5.74) is 0. The third-order valence-corrected chi connectivity index (χ3v) is 1.97. The van der Waals surface area contributed by atoms with Gasteiger partial charge in [0, 0.05) is 12.8 Å².